The quantitative estimate of drug-likeness (QED) is 0.634. The predicted molar refractivity (Wildman–Crippen MR) is 76.7 cm³/mol. The van der Waals surface area contributed by atoms with Crippen molar-refractivity contribution < 1.29 is 9.90 Å². The molecule has 0 aliphatic rings. The Labute approximate surface area is 111 Å². The fourth-order valence-electron chi connectivity index (χ4n) is 1.25. The second-order valence-corrected chi connectivity index (χ2v) is 5.34. The lowest BCUT2D eigenvalue weighted by Crippen LogP contribution is -2.07. The average molecular weight is 269 g/mol. The summed E-state index contributed by atoms with van der Waals surface area (Å²) in [5.74, 6) is -0.0346. The highest BCUT2D eigenvalue weighted by Gasteiger charge is 2.02. The average Bonchev–Trinajstić information content (AvgIpc) is 2.27. The molecule has 17 heavy (non-hydrogen) atoms. The van der Waals surface area contributed by atoms with Crippen molar-refractivity contribution >= 4 is 40.0 Å². The molecule has 0 saturated carbocycles. The zero-order valence-corrected chi connectivity index (χ0v) is 11.2. The number of rotatable bonds is 5. The fraction of sp³-hybridized carbons (Fsp3) is 0.333. The van der Waals surface area contributed by atoms with E-state index in [4.69, 9.17) is 17.3 Å². The van der Waals surface area contributed by atoms with E-state index < -0.39 is 5.97 Å². The maximum Gasteiger partial charge on any atom is 0.303 e. The monoisotopic (exact) mass is 269 g/mol. The number of aliphatic carboxylic acids is 1. The lowest BCUT2D eigenvalue weighted by atomic mass is 10.2. The normalized spacial score (nSPS) is 9.94. The van der Waals surface area contributed by atoms with E-state index in [1.54, 1.807) is 0 Å². The van der Waals surface area contributed by atoms with Crippen molar-refractivity contribution in [2.24, 2.45) is 0 Å². The first-order valence-electron chi connectivity index (χ1n) is 5.31. The van der Waals surface area contributed by atoms with Crippen LogP contribution in [0.15, 0.2) is 24.3 Å². The number of aryl methyl sites for hydroxylation is 1. The Kier molecular flexibility index (Phi) is 6.00. The second-order valence-electron chi connectivity index (χ2n) is 3.57. The molecule has 3 nitrogen and oxygen atoms in total. The van der Waals surface area contributed by atoms with Crippen LogP contribution in [-0.4, -0.2) is 21.1 Å². The standard InChI is InChI=1S/C12H15NO2S2/c1-9-5-2-3-6-10(9)13-12(16)17-8-4-7-11(14)15/h2-3,5-6H,4,7-8H2,1H3,(H,13,16)(H,14,15). The van der Waals surface area contributed by atoms with Crippen LogP contribution in [0.5, 0.6) is 0 Å². The number of benzene rings is 1. The van der Waals surface area contributed by atoms with E-state index >= 15 is 0 Å². The molecule has 0 atom stereocenters. The van der Waals surface area contributed by atoms with Gasteiger partial charge in [-0.15, -0.1) is 0 Å². The van der Waals surface area contributed by atoms with Crippen molar-refractivity contribution in [2.75, 3.05) is 11.1 Å². The minimum atomic E-state index is -0.761. The van der Waals surface area contributed by atoms with Gasteiger partial charge in [-0.2, -0.15) is 0 Å². The summed E-state index contributed by atoms with van der Waals surface area (Å²) in [6.07, 6.45) is 0.829. The van der Waals surface area contributed by atoms with Crippen LogP contribution < -0.4 is 5.32 Å². The Morgan fingerprint density at radius 1 is 1.47 bits per heavy atom. The van der Waals surface area contributed by atoms with Gasteiger partial charge in [0.2, 0.25) is 0 Å². The molecule has 0 spiro atoms. The molecular weight excluding hydrogens is 254 g/mol. The van der Waals surface area contributed by atoms with Crippen molar-refractivity contribution in [3.05, 3.63) is 29.8 Å². The molecule has 0 aliphatic carbocycles. The van der Waals surface area contributed by atoms with Crippen molar-refractivity contribution in [1.29, 1.82) is 0 Å². The van der Waals surface area contributed by atoms with Gasteiger partial charge in [-0.3, -0.25) is 4.79 Å². The van der Waals surface area contributed by atoms with E-state index in [-0.39, 0.29) is 6.42 Å². The third-order valence-electron chi connectivity index (χ3n) is 2.15. The van der Waals surface area contributed by atoms with Gasteiger partial charge in [-0.25, -0.2) is 0 Å². The maximum atomic E-state index is 10.3. The number of hydrogen-bond donors (Lipinski definition) is 2. The van der Waals surface area contributed by atoms with Gasteiger partial charge in [-0.1, -0.05) is 42.2 Å². The van der Waals surface area contributed by atoms with Crippen LogP contribution in [0, 0.1) is 6.92 Å². The lowest BCUT2D eigenvalue weighted by molar-refractivity contribution is -0.137. The van der Waals surface area contributed by atoms with Crippen molar-refractivity contribution in [1.82, 2.24) is 0 Å². The van der Waals surface area contributed by atoms with Gasteiger partial charge in [-0.05, 0) is 25.0 Å². The molecule has 5 heteroatoms. The molecule has 0 amide bonds. The van der Waals surface area contributed by atoms with Crippen LogP contribution in [0.3, 0.4) is 0 Å². The van der Waals surface area contributed by atoms with Crippen LogP contribution in [0.25, 0.3) is 0 Å². The predicted octanol–water partition coefficient (Wildman–Crippen LogP) is 3.29. The Morgan fingerprint density at radius 2 is 2.18 bits per heavy atom. The summed E-state index contributed by atoms with van der Waals surface area (Å²) in [6.45, 7) is 2.01. The van der Waals surface area contributed by atoms with E-state index in [1.807, 2.05) is 31.2 Å². The fourth-order valence-corrected chi connectivity index (χ4v) is 2.26. The molecule has 0 unspecified atom stereocenters. The Balaban J connectivity index is 2.30. The van der Waals surface area contributed by atoms with Crippen molar-refractivity contribution in [2.45, 2.75) is 19.8 Å². The number of nitrogens with one attached hydrogen (secondary N) is 1. The number of carboxylic acids is 1. The summed E-state index contributed by atoms with van der Waals surface area (Å²) in [4.78, 5) is 10.3. The topological polar surface area (TPSA) is 49.3 Å². The number of hydrogen-bond acceptors (Lipinski definition) is 3. The molecule has 92 valence electrons. The largest absolute Gasteiger partial charge is 0.481 e. The first-order chi connectivity index (χ1) is 8.09. The molecular formula is C12H15NO2S2. The van der Waals surface area contributed by atoms with Gasteiger partial charge in [0.05, 0.1) is 0 Å². The van der Waals surface area contributed by atoms with Crippen LogP contribution in [-0.2, 0) is 4.79 Å². The van der Waals surface area contributed by atoms with Gasteiger partial charge in [0.25, 0.3) is 0 Å². The summed E-state index contributed by atoms with van der Waals surface area (Å²) in [5, 5.41) is 11.6. The Hall–Kier alpha value is -1.07. The summed E-state index contributed by atoms with van der Waals surface area (Å²) in [5.41, 5.74) is 2.14. The molecule has 0 aromatic heterocycles. The highest BCUT2D eigenvalue weighted by molar-refractivity contribution is 8.23. The second kappa shape index (κ2) is 7.29. The van der Waals surface area contributed by atoms with Crippen LogP contribution >= 0.6 is 24.0 Å². The summed E-state index contributed by atoms with van der Waals surface area (Å²) in [7, 11) is 0. The Morgan fingerprint density at radius 3 is 2.82 bits per heavy atom. The number of carboxylic acid groups (broad SMARTS) is 1. The number of anilines is 1. The van der Waals surface area contributed by atoms with Gasteiger partial charge in [0.1, 0.15) is 4.32 Å². The first-order valence-corrected chi connectivity index (χ1v) is 6.70. The first kappa shape index (κ1) is 14.0. The molecule has 0 aliphatic heterocycles. The van der Waals surface area contributed by atoms with E-state index in [2.05, 4.69) is 5.32 Å². The molecule has 1 rings (SSSR count). The molecule has 1 aromatic rings. The zero-order chi connectivity index (χ0) is 12.7. The molecule has 0 saturated heterocycles. The highest BCUT2D eigenvalue weighted by atomic mass is 32.2. The van der Waals surface area contributed by atoms with E-state index in [0.29, 0.717) is 10.7 Å². The van der Waals surface area contributed by atoms with Gasteiger partial charge < -0.3 is 10.4 Å². The highest BCUT2D eigenvalue weighted by Crippen LogP contribution is 2.16. The van der Waals surface area contributed by atoms with Gasteiger partial charge >= 0.3 is 5.97 Å². The molecule has 1 aromatic carbocycles. The lowest BCUT2D eigenvalue weighted by Gasteiger charge is -2.09. The molecule has 0 fully saturated rings. The van der Waals surface area contributed by atoms with Crippen LogP contribution in [0.1, 0.15) is 18.4 Å². The third kappa shape index (κ3) is 5.70. The van der Waals surface area contributed by atoms with E-state index in [0.717, 1.165) is 17.0 Å². The number of thioether (sulfide) groups is 1. The molecule has 2 N–H and O–H groups in total. The minimum absolute atomic E-state index is 0.194. The molecule has 0 radical (unpaired) electrons. The Bertz CT molecular complexity index is 407. The zero-order valence-electron chi connectivity index (χ0n) is 9.60. The number of thiocarbonyl (C=S) groups is 1. The smallest absolute Gasteiger partial charge is 0.303 e. The van der Waals surface area contributed by atoms with Crippen molar-refractivity contribution in [3.63, 3.8) is 0 Å². The maximum absolute atomic E-state index is 10.3. The summed E-state index contributed by atoms with van der Waals surface area (Å²) < 4.78 is 0.685. The van der Waals surface area contributed by atoms with Crippen LogP contribution in [0.4, 0.5) is 5.69 Å². The van der Waals surface area contributed by atoms with E-state index in [1.165, 1.54) is 11.8 Å². The third-order valence-corrected chi connectivity index (χ3v) is 3.46. The summed E-state index contributed by atoms with van der Waals surface area (Å²) >= 11 is 6.66. The summed E-state index contributed by atoms with van der Waals surface area (Å²) in [6, 6.07) is 7.91. The van der Waals surface area contributed by atoms with Gasteiger partial charge in [0.15, 0.2) is 0 Å². The molecule has 0 bridgehead atoms. The van der Waals surface area contributed by atoms with Crippen molar-refractivity contribution in [3.8, 4) is 0 Å². The number of para-hydroxylation sites is 1. The van der Waals surface area contributed by atoms with Crippen LogP contribution in [0.2, 0.25) is 0 Å². The minimum Gasteiger partial charge on any atom is -0.481 e. The SMILES string of the molecule is Cc1ccccc1NC(=S)SCCCC(=O)O. The van der Waals surface area contributed by atoms with Gasteiger partial charge in [0, 0.05) is 17.9 Å². The molecule has 0 heterocycles. The van der Waals surface area contributed by atoms with E-state index in [9.17, 15) is 4.79 Å². The number of carbonyl (C=O) groups is 1.